The molecule has 4 aromatic rings. The van der Waals surface area contributed by atoms with E-state index in [1.807, 2.05) is 30.3 Å². The molecule has 176 valence electrons. The number of anilines is 2. The first-order chi connectivity index (χ1) is 16.3. The summed E-state index contributed by atoms with van der Waals surface area (Å²) in [7, 11) is 0. The number of nitrogens with one attached hydrogen (secondary N) is 2. The molecule has 0 aliphatic rings. The summed E-state index contributed by atoms with van der Waals surface area (Å²) in [5, 5.41) is 7.16. The largest absolute Gasteiger partial charge is 0.416 e. The van der Waals surface area contributed by atoms with Crippen LogP contribution in [-0.4, -0.2) is 29.6 Å². The van der Waals surface area contributed by atoms with Crippen molar-refractivity contribution < 1.29 is 27.5 Å². The Labute approximate surface area is 193 Å². The number of nitrogens with zero attached hydrogens (tertiary/aromatic N) is 1. The molecule has 0 spiro atoms. The van der Waals surface area contributed by atoms with Gasteiger partial charge in [0.2, 0.25) is 11.8 Å². The third kappa shape index (κ3) is 5.04. The number of carbonyl (C=O) groups excluding carboxylic acids is 2. The zero-order valence-electron chi connectivity index (χ0n) is 18.3. The van der Waals surface area contributed by atoms with Gasteiger partial charge in [0.25, 0.3) is 0 Å². The van der Waals surface area contributed by atoms with Gasteiger partial charge in [0.1, 0.15) is 13.2 Å². The van der Waals surface area contributed by atoms with E-state index in [4.69, 9.17) is 4.74 Å². The van der Waals surface area contributed by atoms with Crippen LogP contribution in [0.25, 0.3) is 21.8 Å². The lowest BCUT2D eigenvalue weighted by Crippen LogP contribution is -2.24. The minimum absolute atomic E-state index is 0.00702. The van der Waals surface area contributed by atoms with Crippen molar-refractivity contribution in [2.45, 2.75) is 19.6 Å². The van der Waals surface area contributed by atoms with E-state index in [2.05, 4.69) is 28.2 Å². The molecule has 0 unspecified atom stereocenters. The van der Waals surface area contributed by atoms with Crippen molar-refractivity contribution in [3.63, 3.8) is 0 Å². The number of halogens is 3. The maximum atomic E-state index is 12.8. The molecule has 0 radical (unpaired) electrons. The summed E-state index contributed by atoms with van der Waals surface area (Å²) in [6.07, 6.45) is -4.51. The second kappa shape index (κ2) is 9.56. The highest BCUT2D eigenvalue weighted by Gasteiger charge is 2.30. The maximum Gasteiger partial charge on any atom is 0.416 e. The van der Waals surface area contributed by atoms with E-state index in [-0.39, 0.29) is 12.3 Å². The van der Waals surface area contributed by atoms with Crippen molar-refractivity contribution in [1.29, 1.82) is 0 Å². The van der Waals surface area contributed by atoms with E-state index < -0.39 is 30.2 Å². The van der Waals surface area contributed by atoms with E-state index in [9.17, 15) is 22.8 Å². The number of aryl methyl sites for hydroxylation is 1. The second-order valence-corrected chi connectivity index (χ2v) is 7.66. The van der Waals surface area contributed by atoms with E-state index in [1.54, 1.807) is 6.07 Å². The Morgan fingerprint density at radius 2 is 1.47 bits per heavy atom. The minimum atomic E-state index is -4.51. The molecular weight excluding hydrogens is 447 g/mol. The quantitative estimate of drug-likeness (QED) is 0.379. The summed E-state index contributed by atoms with van der Waals surface area (Å²) < 4.78 is 45.7. The highest BCUT2D eigenvalue weighted by Crippen LogP contribution is 2.31. The molecular formula is C25H22F3N3O3. The lowest BCUT2D eigenvalue weighted by Gasteiger charge is -2.10. The molecule has 0 aliphatic carbocycles. The standard InChI is InChI=1S/C25H22F3N3O3/c1-2-31-21-9-4-3-8-19(21)20-13-18(10-11-22(20)31)30-24(33)15-34-14-23(32)29-17-7-5-6-16(12-17)25(26,27)28/h3-13H,2,14-15H2,1H3,(H,29,32)(H,30,33). The molecule has 0 saturated carbocycles. The Balaban J connectivity index is 1.34. The van der Waals surface area contributed by atoms with Crippen LogP contribution in [0, 0.1) is 0 Å². The van der Waals surface area contributed by atoms with Crippen molar-refractivity contribution in [1.82, 2.24) is 4.57 Å². The van der Waals surface area contributed by atoms with Gasteiger partial charge in [-0.3, -0.25) is 9.59 Å². The van der Waals surface area contributed by atoms with E-state index in [0.717, 1.165) is 40.5 Å². The third-order valence-electron chi connectivity index (χ3n) is 5.31. The second-order valence-electron chi connectivity index (χ2n) is 7.66. The van der Waals surface area contributed by atoms with Crippen LogP contribution in [0.2, 0.25) is 0 Å². The number of hydrogen-bond donors (Lipinski definition) is 2. The first kappa shape index (κ1) is 23.3. The fourth-order valence-electron chi connectivity index (χ4n) is 3.88. The molecule has 2 amide bonds. The number of ether oxygens (including phenoxy) is 1. The summed E-state index contributed by atoms with van der Waals surface area (Å²) in [5.41, 5.74) is 1.88. The Bertz CT molecular complexity index is 1360. The number of rotatable bonds is 7. The number of benzene rings is 3. The maximum absolute atomic E-state index is 12.8. The summed E-state index contributed by atoms with van der Waals surface area (Å²) >= 11 is 0. The van der Waals surface area contributed by atoms with Gasteiger partial charge in [0.05, 0.1) is 5.56 Å². The highest BCUT2D eigenvalue weighted by atomic mass is 19.4. The molecule has 3 aromatic carbocycles. The molecule has 0 saturated heterocycles. The molecule has 4 rings (SSSR count). The van der Waals surface area contributed by atoms with Gasteiger partial charge in [0.15, 0.2) is 0 Å². The fraction of sp³-hybridized carbons (Fsp3) is 0.200. The first-order valence-electron chi connectivity index (χ1n) is 10.6. The van der Waals surface area contributed by atoms with Crippen LogP contribution in [0.1, 0.15) is 12.5 Å². The van der Waals surface area contributed by atoms with Crippen LogP contribution >= 0.6 is 0 Å². The van der Waals surface area contributed by atoms with Crippen LogP contribution in [0.3, 0.4) is 0 Å². The zero-order valence-corrected chi connectivity index (χ0v) is 18.3. The average molecular weight is 469 g/mol. The lowest BCUT2D eigenvalue weighted by molar-refractivity contribution is -0.137. The lowest BCUT2D eigenvalue weighted by atomic mass is 10.1. The Hall–Kier alpha value is -3.85. The van der Waals surface area contributed by atoms with Gasteiger partial charge in [-0.15, -0.1) is 0 Å². The number of hydrogen-bond acceptors (Lipinski definition) is 3. The molecule has 0 atom stereocenters. The van der Waals surface area contributed by atoms with Crippen molar-refractivity contribution >= 4 is 45.0 Å². The summed E-state index contributed by atoms with van der Waals surface area (Å²) in [6, 6.07) is 17.9. The number of carbonyl (C=O) groups is 2. The topological polar surface area (TPSA) is 72.4 Å². The Morgan fingerprint density at radius 3 is 2.15 bits per heavy atom. The monoisotopic (exact) mass is 469 g/mol. The van der Waals surface area contributed by atoms with E-state index in [0.29, 0.717) is 5.69 Å². The fourth-order valence-corrected chi connectivity index (χ4v) is 3.88. The Morgan fingerprint density at radius 1 is 0.824 bits per heavy atom. The van der Waals surface area contributed by atoms with Crippen LogP contribution < -0.4 is 10.6 Å². The van der Waals surface area contributed by atoms with Gasteiger partial charge in [0, 0.05) is 39.7 Å². The van der Waals surface area contributed by atoms with Crippen molar-refractivity contribution in [2.75, 3.05) is 23.8 Å². The predicted octanol–water partition coefficient (Wildman–Crippen LogP) is 5.43. The summed E-state index contributed by atoms with van der Waals surface area (Å²) in [4.78, 5) is 24.2. The summed E-state index contributed by atoms with van der Waals surface area (Å²) in [5.74, 6) is -1.12. The number of amides is 2. The zero-order chi connectivity index (χ0) is 24.3. The highest BCUT2D eigenvalue weighted by molar-refractivity contribution is 6.09. The molecule has 2 N–H and O–H groups in total. The minimum Gasteiger partial charge on any atom is -0.362 e. The molecule has 0 aliphatic heterocycles. The predicted molar refractivity (Wildman–Crippen MR) is 125 cm³/mol. The molecule has 9 heteroatoms. The van der Waals surface area contributed by atoms with E-state index in [1.165, 1.54) is 12.1 Å². The smallest absolute Gasteiger partial charge is 0.362 e. The van der Waals surface area contributed by atoms with Gasteiger partial charge in [-0.05, 0) is 49.4 Å². The number of aromatic nitrogens is 1. The van der Waals surface area contributed by atoms with Crippen LogP contribution in [-0.2, 0) is 27.0 Å². The van der Waals surface area contributed by atoms with Crippen LogP contribution in [0.4, 0.5) is 24.5 Å². The van der Waals surface area contributed by atoms with Crippen LogP contribution in [0.15, 0.2) is 66.7 Å². The van der Waals surface area contributed by atoms with E-state index >= 15 is 0 Å². The van der Waals surface area contributed by atoms with Gasteiger partial charge in [-0.1, -0.05) is 24.3 Å². The number of fused-ring (bicyclic) bond motifs is 3. The van der Waals surface area contributed by atoms with Crippen molar-refractivity contribution in [3.8, 4) is 0 Å². The Kier molecular flexibility index (Phi) is 6.56. The molecule has 0 bridgehead atoms. The molecule has 1 aromatic heterocycles. The molecule has 6 nitrogen and oxygen atoms in total. The third-order valence-corrected chi connectivity index (χ3v) is 5.31. The first-order valence-corrected chi connectivity index (χ1v) is 10.6. The van der Waals surface area contributed by atoms with Gasteiger partial charge in [-0.25, -0.2) is 0 Å². The SMILES string of the molecule is CCn1c2ccccc2c2cc(NC(=O)COCC(=O)Nc3cccc(C(F)(F)F)c3)ccc21. The van der Waals surface area contributed by atoms with Gasteiger partial charge in [-0.2, -0.15) is 13.2 Å². The normalized spacial score (nSPS) is 11.6. The van der Waals surface area contributed by atoms with Crippen LogP contribution in [0.5, 0.6) is 0 Å². The molecule has 0 fully saturated rings. The number of alkyl halides is 3. The van der Waals surface area contributed by atoms with Gasteiger partial charge >= 0.3 is 6.18 Å². The summed E-state index contributed by atoms with van der Waals surface area (Å²) in [6.45, 7) is 2.02. The average Bonchev–Trinajstić information content (AvgIpc) is 3.11. The van der Waals surface area contributed by atoms with Gasteiger partial charge < -0.3 is 19.9 Å². The number of para-hydroxylation sites is 1. The van der Waals surface area contributed by atoms with Crippen molar-refractivity contribution in [3.05, 3.63) is 72.3 Å². The van der Waals surface area contributed by atoms with Crippen molar-refractivity contribution in [2.24, 2.45) is 0 Å². The molecule has 34 heavy (non-hydrogen) atoms. The molecule has 1 heterocycles.